The molecule has 1 amide bonds. The van der Waals surface area contributed by atoms with Crippen LogP contribution >= 0.6 is 0 Å². The van der Waals surface area contributed by atoms with Gasteiger partial charge in [-0.25, -0.2) is 4.79 Å². The van der Waals surface area contributed by atoms with Crippen LogP contribution in [0.25, 0.3) is 0 Å². The van der Waals surface area contributed by atoms with E-state index in [9.17, 15) is 22.8 Å². The Morgan fingerprint density at radius 3 is 2.56 bits per heavy atom. The summed E-state index contributed by atoms with van der Waals surface area (Å²) in [6, 6.07) is 6.41. The van der Waals surface area contributed by atoms with Crippen LogP contribution in [0.1, 0.15) is 36.0 Å². The molecular formula is C22H30F3N3O4. The smallest absolute Gasteiger partial charge is 0.425 e. The van der Waals surface area contributed by atoms with E-state index < -0.39 is 18.4 Å². The number of rotatable bonds is 7. The monoisotopic (exact) mass is 457 g/mol. The Hall–Kier alpha value is -2.33. The molecule has 2 aliphatic rings. The number of amides is 1. The third-order valence-electron chi connectivity index (χ3n) is 6.10. The fourth-order valence-electron chi connectivity index (χ4n) is 4.20. The van der Waals surface area contributed by atoms with E-state index in [-0.39, 0.29) is 0 Å². The average Bonchev–Trinajstić information content (AvgIpc) is 3.22. The van der Waals surface area contributed by atoms with E-state index in [0.29, 0.717) is 51.8 Å². The second kappa shape index (κ2) is 10.5. The molecule has 10 heteroatoms. The van der Waals surface area contributed by atoms with Gasteiger partial charge in [-0.2, -0.15) is 13.2 Å². The lowest BCUT2D eigenvalue weighted by Gasteiger charge is -2.35. The van der Waals surface area contributed by atoms with Crippen molar-refractivity contribution in [2.45, 2.75) is 45.0 Å². The van der Waals surface area contributed by atoms with E-state index in [0.717, 1.165) is 26.4 Å². The molecule has 0 radical (unpaired) electrons. The van der Waals surface area contributed by atoms with Crippen LogP contribution in [-0.4, -0.2) is 85.5 Å². The molecule has 7 nitrogen and oxygen atoms in total. The van der Waals surface area contributed by atoms with Crippen LogP contribution in [0.15, 0.2) is 18.2 Å². The van der Waals surface area contributed by atoms with E-state index >= 15 is 0 Å². The predicted molar refractivity (Wildman–Crippen MR) is 111 cm³/mol. The van der Waals surface area contributed by atoms with Gasteiger partial charge in [0.15, 0.2) is 6.10 Å². The van der Waals surface area contributed by atoms with Crippen LogP contribution in [0.3, 0.4) is 0 Å². The van der Waals surface area contributed by atoms with E-state index in [1.54, 1.807) is 0 Å². The number of halogens is 3. The highest BCUT2D eigenvalue weighted by molar-refractivity contribution is 5.68. The van der Waals surface area contributed by atoms with Crippen LogP contribution < -0.4 is 0 Å². The molecule has 0 aliphatic carbocycles. The number of carbonyl (C=O) groups excluding carboxylic acids is 2. The summed E-state index contributed by atoms with van der Waals surface area (Å²) < 4.78 is 47.3. The maximum Gasteiger partial charge on any atom is 0.425 e. The summed E-state index contributed by atoms with van der Waals surface area (Å²) >= 11 is 0. The first kappa shape index (κ1) is 24.3. The molecule has 32 heavy (non-hydrogen) atoms. The van der Waals surface area contributed by atoms with Crippen molar-refractivity contribution in [1.82, 2.24) is 14.7 Å². The van der Waals surface area contributed by atoms with Crippen LogP contribution in [0.4, 0.5) is 18.0 Å². The van der Waals surface area contributed by atoms with Crippen molar-refractivity contribution in [3.8, 4) is 0 Å². The molecule has 0 aromatic heterocycles. The zero-order valence-electron chi connectivity index (χ0n) is 18.4. The number of likely N-dealkylation sites (tertiary alicyclic amines) is 1. The van der Waals surface area contributed by atoms with Gasteiger partial charge in [0.05, 0.1) is 0 Å². The topological polar surface area (TPSA) is 62.3 Å². The van der Waals surface area contributed by atoms with E-state index in [4.69, 9.17) is 4.74 Å². The molecule has 0 bridgehead atoms. The minimum absolute atomic E-state index is 0.298. The number of aryl methyl sites for hydroxylation is 1. The number of hydrogen-bond acceptors (Lipinski definition) is 6. The third kappa shape index (κ3) is 6.35. The lowest BCUT2D eigenvalue weighted by molar-refractivity contribution is -0.200. The minimum atomic E-state index is -4.56. The molecule has 2 unspecified atom stereocenters. The Balaban J connectivity index is 1.56. The molecule has 3 rings (SSSR count). The summed E-state index contributed by atoms with van der Waals surface area (Å²) in [6.07, 6.45) is -6.62. The Labute approximate surface area is 186 Å². The summed E-state index contributed by atoms with van der Waals surface area (Å²) in [5.74, 6) is 0.347. The minimum Gasteiger partial charge on any atom is -0.452 e. The molecule has 2 fully saturated rings. The second-order valence-electron chi connectivity index (χ2n) is 8.49. The standard InChI is InChI=1S/C22H30F3N3O4/c1-16-3-4-18(20(11-16)19-5-6-27(13-19)14-31-15-29)12-26-7-9-28(10-8-26)21(30)32-17(2)22(23,24)25/h3-4,11,15,17,19H,5-10,12-14H2,1-2H3. The maximum atomic E-state index is 12.6. The number of piperazine rings is 1. The first-order chi connectivity index (χ1) is 15.2. The molecule has 1 aromatic rings. The second-order valence-corrected chi connectivity index (χ2v) is 8.49. The maximum absolute atomic E-state index is 12.6. The first-order valence-electron chi connectivity index (χ1n) is 10.8. The van der Waals surface area contributed by atoms with Crippen molar-refractivity contribution in [3.63, 3.8) is 0 Å². The number of alkyl halides is 3. The van der Waals surface area contributed by atoms with Gasteiger partial charge in [0, 0.05) is 45.8 Å². The van der Waals surface area contributed by atoms with Gasteiger partial charge in [-0.1, -0.05) is 23.8 Å². The van der Waals surface area contributed by atoms with Crippen LogP contribution in [0.2, 0.25) is 0 Å². The molecule has 0 saturated carbocycles. The molecule has 1 aromatic carbocycles. The zero-order chi connectivity index (χ0) is 23.3. The van der Waals surface area contributed by atoms with Crippen molar-refractivity contribution in [2.75, 3.05) is 46.0 Å². The van der Waals surface area contributed by atoms with Crippen LogP contribution in [0, 0.1) is 6.92 Å². The largest absolute Gasteiger partial charge is 0.452 e. The van der Waals surface area contributed by atoms with E-state index in [1.165, 1.54) is 21.6 Å². The molecule has 2 heterocycles. The fourth-order valence-corrected chi connectivity index (χ4v) is 4.20. The fraction of sp³-hybridized carbons (Fsp3) is 0.636. The van der Waals surface area contributed by atoms with Gasteiger partial charge in [0.1, 0.15) is 6.73 Å². The van der Waals surface area contributed by atoms with Crippen LogP contribution in [0.5, 0.6) is 0 Å². The van der Waals surface area contributed by atoms with Gasteiger partial charge >= 0.3 is 12.3 Å². The van der Waals surface area contributed by atoms with Crippen molar-refractivity contribution >= 4 is 12.6 Å². The van der Waals surface area contributed by atoms with Crippen molar-refractivity contribution in [1.29, 1.82) is 0 Å². The highest BCUT2D eigenvalue weighted by Crippen LogP contribution is 2.31. The lowest BCUT2D eigenvalue weighted by atomic mass is 9.91. The SMILES string of the molecule is Cc1ccc(CN2CCN(C(=O)OC(C)C(F)(F)F)CC2)c(C2CCN(COC=O)C2)c1. The van der Waals surface area contributed by atoms with Gasteiger partial charge in [-0.05, 0) is 37.3 Å². The van der Waals surface area contributed by atoms with Gasteiger partial charge in [0.2, 0.25) is 0 Å². The van der Waals surface area contributed by atoms with Crippen molar-refractivity contribution in [2.24, 2.45) is 0 Å². The summed E-state index contributed by atoms with van der Waals surface area (Å²) in [5.41, 5.74) is 3.66. The van der Waals surface area contributed by atoms with Gasteiger partial charge in [0.25, 0.3) is 6.47 Å². The summed E-state index contributed by atoms with van der Waals surface area (Å²) in [6.45, 7) is 7.82. The molecule has 0 spiro atoms. The zero-order valence-corrected chi connectivity index (χ0v) is 18.4. The highest BCUT2D eigenvalue weighted by atomic mass is 19.4. The van der Waals surface area contributed by atoms with E-state index in [2.05, 4.69) is 39.7 Å². The van der Waals surface area contributed by atoms with Gasteiger partial charge < -0.3 is 14.4 Å². The summed E-state index contributed by atoms with van der Waals surface area (Å²) in [4.78, 5) is 28.1. The Morgan fingerprint density at radius 2 is 1.91 bits per heavy atom. The first-order valence-corrected chi connectivity index (χ1v) is 10.8. The summed E-state index contributed by atoms with van der Waals surface area (Å²) in [7, 11) is 0. The van der Waals surface area contributed by atoms with Crippen molar-refractivity contribution in [3.05, 3.63) is 34.9 Å². The molecule has 178 valence electrons. The van der Waals surface area contributed by atoms with Crippen molar-refractivity contribution < 1.29 is 32.2 Å². The molecule has 2 atom stereocenters. The third-order valence-corrected chi connectivity index (χ3v) is 6.10. The van der Waals surface area contributed by atoms with E-state index in [1.807, 2.05) is 0 Å². The molecular weight excluding hydrogens is 427 g/mol. The number of nitrogens with zero attached hydrogens (tertiary/aromatic N) is 3. The quantitative estimate of drug-likeness (QED) is 0.587. The number of ether oxygens (including phenoxy) is 2. The average molecular weight is 457 g/mol. The molecule has 2 aliphatic heterocycles. The normalized spacial score (nSPS) is 21.4. The predicted octanol–water partition coefficient (Wildman–Crippen LogP) is 3.12. The molecule has 2 saturated heterocycles. The number of carbonyl (C=O) groups is 2. The van der Waals surface area contributed by atoms with Crippen LogP contribution in [-0.2, 0) is 20.8 Å². The molecule has 0 N–H and O–H groups in total. The Morgan fingerprint density at radius 1 is 1.19 bits per heavy atom. The number of benzene rings is 1. The van der Waals surface area contributed by atoms with Gasteiger partial charge in [-0.15, -0.1) is 0 Å². The lowest BCUT2D eigenvalue weighted by Crippen LogP contribution is -2.49. The highest BCUT2D eigenvalue weighted by Gasteiger charge is 2.40. The summed E-state index contributed by atoms with van der Waals surface area (Å²) in [5, 5.41) is 0. The Bertz CT molecular complexity index is 797. The Kier molecular flexibility index (Phi) is 8.00. The van der Waals surface area contributed by atoms with Gasteiger partial charge in [-0.3, -0.25) is 14.6 Å². The number of hydrogen-bond donors (Lipinski definition) is 0.